The number of nitro benzene ring substituents is 1. The second-order valence-corrected chi connectivity index (χ2v) is 8.79. The number of halogens is 1. The van der Waals surface area contributed by atoms with E-state index in [1.54, 1.807) is 49.4 Å². The fraction of sp³-hybridized carbons (Fsp3) is 0.148. The molecule has 0 atom stereocenters. The molecule has 188 valence electrons. The van der Waals surface area contributed by atoms with Crippen molar-refractivity contribution in [2.45, 2.75) is 13.8 Å². The molecular weight excluding hydrogens is 544 g/mol. The predicted octanol–water partition coefficient (Wildman–Crippen LogP) is 5.67. The quantitative estimate of drug-likeness (QED) is 0.108. The number of esters is 1. The second kappa shape index (κ2) is 11.2. The van der Waals surface area contributed by atoms with Gasteiger partial charge in [0.15, 0.2) is 29.6 Å². The lowest BCUT2D eigenvalue weighted by Crippen LogP contribution is -2.12. The van der Waals surface area contributed by atoms with Crippen LogP contribution in [-0.2, 0) is 9.53 Å². The number of benzene rings is 3. The van der Waals surface area contributed by atoms with Gasteiger partial charge in [0.25, 0.3) is 5.69 Å². The highest BCUT2D eigenvalue weighted by Gasteiger charge is 2.26. The van der Waals surface area contributed by atoms with E-state index in [1.165, 1.54) is 18.2 Å². The number of carbonyl (C=O) groups is 2. The van der Waals surface area contributed by atoms with Crippen molar-refractivity contribution < 1.29 is 28.7 Å². The molecule has 0 aliphatic carbocycles. The minimum absolute atomic E-state index is 0.0366. The molecule has 0 saturated carbocycles. The molecule has 0 spiro atoms. The first-order valence-corrected chi connectivity index (χ1v) is 12.0. The molecule has 1 aliphatic rings. The van der Waals surface area contributed by atoms with Gasteiger partial charge in [0.2, 0.25) is 5.90 Å². The van der Waals surface area contributed by atoms with Crippen LogP contribution in [0.15, 0.2) is 75.8 Å². The molecule has 1 aliphatic heterocycles. The van der Waals surface area contributed by atoms with Crippen LogP contribution in [0.1, 0.15) is 34.0 Å². The molecule has 0 unspecified atom stereocenters. The summed E-state index contributed by atoms with van der Waals surface area (Å²) in [5.41, 5.74) is 2.00. The molecule has 0 aromatic heterocycles. The molecule has 37 heavy (non-hydrogen) atoms. The van der Waals surface area contributed by atoms with Crippen LogP contribution in [0.25, 0.3) is 6.08 Å². The summed E-state index contributed by atoms with van der Waals surface area (Å²) in [6.07, 6.45) is 1.53. The van der Waals surface area contributed by atoms with Crippen LogP contribution >= 0.6 is 15.9 Å². The van der Waals surface area contributed by atoms with Gasteiger partial charge in [-0.25, -0.2) is 9.79 Å². The summed E-state index contributed by atoms with van der Waals surface area (Å²) >= 11 is 3.46. The Hall–Kier alpha value is -4.31. The van der Waals surface area contributed by atoms with Crippen LogP contribution in [0.4, 0.5) is 5.69 Å². The van der Waals surface area contributed by atoms with Gasteiger partial charge in [-0.15, -0.1) is 0 Å². The summed E-state index contributed by atoms with van der Waals surface area (Å²) in [6, 6.07) is 16.6. The summed E-state index contributed by atoms with van der Waals surface area (Å²) < 4.78 is 17.3. The zero-order chi connectivity index (χ0) is 26.5. The highest BCUT2D eigenvalue weighted by molar-refractivity contribution is 9.10. The molecule has 4 rings (SSSR count). The normalized spacial score (nSPS) is 13.8. The highest BCUT2D eigenvalue weighted by atomic mass is 79.9. The number of nitro groups is 1. The SMILES string of the molecule is CCOc1cc(/C=C2\N=C(c3ccc([N+](=O)[O-])c(C)c3)OC2=O)cc(Br)c1OCC(=O)c1ccccc1. The van der Waals surface area contributed by atoms with Crippen molar-refractivity contribution in [3.63, 3.8) is 0 Å². The molecule has 0 radical (unpaired) electrons. The lowest BCUT2D eigenvalue weighted by atomic mass is 10.1. The number of aliphatic imine (C=N–C) groups is 1. The van der Waals surface area contributed by atoms with E-state index >= 15 is 0 Å². The largest absolute Gasteiger partial charge is 0.490 e. The Bertz CT molecular complexity index is 1450. The van der Waals surface area contributed by atoms with E-state index in [0.717, 1.165) is 0 Å². The van der Waals surface area contributed by atoms with Crippen LogP contribution < -0.4 is 9.47 Å². The van der Waals surface area contributed by atoms with Gasteiger partial charge in [0.1, 0.15) is 0 Å². The van der Waals surface area contributed by atoms with Crippen LogP contribution in [0.5, 0.6) is 11.5 Å². The summed E-state index contributed by atoms with van der Waals surface area (Å²) in [7, 11) is 0. The number of hydrogen-bond donors (Lipinski definition) is 0. The Kier molecular flexibility index (Phi) is 7.78. The first-order chi connectivity index (χ1) is 17.8. The maximum absolute atomic E-state index is 12.5. The number of Topliss-reactive ketones (excluding diaryl/α,β-unsaturated/α-hetero) is 1. The standard InChI is InChI=1S/C27H21BrN2O7/c1-3-35-24-14-17(12-20(28)25(24)36-15-23(31)18-7-5-4-6-8-18)13-21-27(32)37-26(29-21)19-9-10-22(30(33)34)16(2)11-19/h4-14H,3,15H2,1-2H3/b21-13-. The van der Waals surface area contributed by atoms with E-state index in [2.05, 4.69) is 20.9 Å². The van der Waals surface area contributed by atoms with Crippen molar-refractivity contribution in [3.05, 3.63) is 103 Å². The number of cyclic esters (lactones) is 1. The van der Waals surface area contributed by atoms with Crippen molar-refractivity contribution in [2.75, 3.05) is 13.2 Å². The van der Waals surface area contributed by atoms with E-state index < -0.39 is 10.9 Å². The molecule has 1 heterocycles. The number of ether oxygens (including phenoxy) is 3. The van der Waals surface area contributed by atoms with Crippen molar-refractivity contribution in [1.29, 1.82) is 0 Å². The number of carbonyl (C=O) groups excluding carboxylic acids is 2. The van der Waals surface area contributed by atoms with Gasteiger partial charge in [0.05, 0.1) is 16.0 Å². The molecule has 3 aromatic carbocycles. The third kappa shape index (κ3) is 5.92. The molecule has 10 heteroatoms. The monoisotopic (exact) mass is 564 g/mol. The first-order valence-electron chi connectivity index (χ1n) is 11.2. The van der Waals surface area contributed by atoms with Gasteiger partial charge in [-0.05, 0) is 65.7 Å². The average molecular weight is 565 g/mol. The van der Waals surface area contributed by atoms with Crippen molar-refractivity contribution in [3.8, 4) is 11.5 Å². The van der Waals surface area contributed by atoms with Crippen molar-refractivity contribution >= 4 is 45.3 Å². The molecule has 0 fully saturated rings. The topological polar surface area (TPSA) is 117 Å². The van der Waals surface area contributed by atoms with Crippen molar-refractivity contribution in [2.24, 2.45) is 4.99 Å². The summed E-state index contributed by atoms with van der Waals surface area (Å²) in [5, 5.41) is 11.1. The predicted molar refractivity (Wildman–Crippen MR) is 140 cm³/mol. The Labute approximate surface area is 220 Å². The Morgan fingerprint density at radius 3 is 2.57 bits per heavy atom. The summed E-state index contributed by atoms with van der Waals surface area (Å²) in [4.78, 5) is 39.8. The Balaban J connectivity index is 1.59. The van der Waals surface area contributed by atoms with Gasteiger partial charge in [0, 0.05) is 22.8 Å². The molecular formula is C27H21BrN2O7. The van der Waals surface area contributed by atoms with E-state index in [1.807, 2.05) is 13.0 Å². The zero-order valence-corrected chi connectivity index (χ0v) is 21.5. The maximum atomic E-state index is 12.5. The molecule has 0 N–H and O–H groups in total. The number of nitrogens with zero attached hydrogens (tertiary/aromatic N) is 2. The van der Waals surface area contributed by atoms with E-state index in [-0.39, 0.29) is 29.7 Å². The maximum Gasteiger partial charge on any atom is 0.363 e. The molecule has 0 amide bonds. The number of rotatable bonds is 9. The van der Waals surface area contributed by atoms with Gasteiger partial charge in [-0.2, -0.15) is 0 Å². The Morgan fingerprint density at radius 2 is 1.89 bits per heavy atom. The average Bonchev–Trinajstić information content (AvgIpc) is 3.23. The lowest BCUT2D eigenvalue weighted by molar-refractivity contribution is -0.385. The number of hydrogen-bond acceptors (Lipinski definition) is 8. The van der Waals surface area contributed by atoms with Gasteiger partial charge >= 0.3 is 5.97 Å². The summed E-state index contributed by atoms with van der Waals surface area (Å²) in [5.74, 6) is -0.0521. The minimum atomic E-state index is -0.658. The van der Waals surface area contributed by atoms with E-state index in [4.69, 9.17) is 14.2 Å². The van der Waals surface area contributed by atoms with E-state index in [9.17, 15) is 19.7 Å². The highest BCUT2D eigenvalue weighted by Crippen LogP contribution is 2.38. The minimum Gasteiger partial charge on any atom is -0.490 e. The second-order valence-electron chi connectivity index (χ2n) is 7.94. The van der Waals surface area contributed by atoms with E-state index in [0.29, 0.717) is 44.8 Å². The van der Waals surface area contributed by atoms with Gasteiger partial charge < -0.3 is 14.2 Å². The van der Waals surface area contributed by atoms with Crippen LogP contribution in [0.2, 0.25) is 0 Å². The fourth-order valence-electron chi connectivity index (χ4n) is 3.60. The molecule has 0 bridgehead atoms. The van der Waals surface area contributed by atoms with Gasteiger partial charge in [-0.3, -0.25) is 14.9 Å². The number of aryl methyl sites for hydroxylation is 1. The molecule has 3 aromatic rings. The number of ketones is 1. The Morgan fingerprint density at radius 1 is 1.14 bits per heavy atom. The van der Waals surface area contributed by atoms with Crippen molar-refractivity contribution in [1.82, 2.24) is 0 Å². The summed E-state index contributed by atoms with van der Waals surface area (Å²) in [6.45, 7) is 3.58. The van der Waals surface area contributed by atoms with Gasteiger partial charge in [-0.1, -0.05) is 30.3 Å². The molecule has 9 nitrogen and oxygen atoms in total. The fourth-order valence-corrected chi connectivity index (χ4v) is 4.18. The van der Waals surface area contributed by atoms with Crippen LogP contribution in [0, 0.1) is 17.0 Å². The van der Waals surface area contributed by atoms with Crippen LogP contribution in [0.3, 0.4) is 0 Å². The third-order valence-electron chi connectivity index (χ3n) is 5.34. The first kappa shape index (κ1) is 25.8. The smallest absolute Gasteiger partial charge is 0.363 e. The third-order valence-corrected chi connectivity index (χ3v) is 5.93. The van der Waals surface area contributed by atoms with Crippen LogP contribution in [-0.4, -0.2) is 35.8 Å². The lowest BCUT2D eigenvalue weighted by Gasteiger charge is -2.14. The zero-order valence-electron chi connectivity index (χ0n) is 19.9. The molecule has 0 saturated heterocycles.